The van der Waals surface area contributed by atoms with Crippen LogP contribution in [0.4, 0.5) is 11.4 Å². The Bertz CT molecular complexity index is 611. The first kappa shape index (κ1) is 13.8. The fraction of sp³-hybridized carbons (Fsp3) is 0.333. The van der Waals surface area contributed by atoms with Crippen LogP contribution in [0.15, 0.2) is 24.5 Å². The van der Waals surface area contributed by atoms with Gasteiger partial charge in [0.1, 0.15) is 6.33 Å². The maximum Gasteiger partial charge on any atom is 0.311 e. The van der Waals surface area contributed by atoms with E-state index in [9.17, 15) is 10.1 Å². The van der Waals surface area contributed by atoms with Crippen molar-refractivity contribution < 1.29 is 9.66 Å². The molecule has 0 saturated heterocycles. The Morgan fingerprint density at radius 3 is 2.95 bits per heavy atom. The normalized spacial score (nSPS) is 10.3. The molecule has 106 valence electrons. The predicted molar refractivity (Wildman–Crippen MR) is 72.7 cm³/mol. The van der Waals surface area contributed by atoms with Gasteiger partial charge < -0.3 is 14.6 Å². The molecule has 1 heterocycles. The minimum atomic E-state index is -0.476. The molecule has 1 aromatic carbocycles. The van der Waals surface area contributed by atoms with Crippen LogP contribution in [0.2, 0.25) is 0 Å². The van der Waals surface area contributed by atoms with Crippen LogP contribution in [-0.2, 0) is 13.1 Å². The molecule has 20 heavy (non-hydrogen) atoms. The second-order valence-electron chi connectivity index (χ2n) is 4.03. The highest BCUT2D eigenvalue weighted by molar-refractivity contribution is 5.57. The summed E-state index contributed by atoms with van der Waals surface area (Å²) in [5, 5.41) is 21.8. The second-order valence-corrected chi connectivity index (χ2v) is 4.03. The van der Waals surface area contributed by atoms with Gasteiger partial charge in [0.25, 0.3) is 0 Å². The van der Waals surface area contributed by atoms with Crippen LogP contribution in [-0.4, -0.2) is 26.8 Å². The highest BCUT2D eigenvalue weighted by Crippen LogP contribution is 2.29. The van der Waals surface area contributed by atoms with Gasteiger partial charge in [0.2, 0.25) is 0 Å². The molecule has 0 aliphatic carbocycles. The van der Waals surface area contributed by atoms with Crippen LogP contribution in [0.3, 0.4) is 0 Å². The van der Waals surface area contributed by atoms with Gasteiger partial charge in [0.05, 0.1) is 18.6 Å². The van der Waals surface area contributed by atoms with E-state index in [2.05, 4.69) is 15.5 Å². The molecule has 2 rings (SSSR count). The van der Waals surface area contributed by atoms with Gasteiger partial charge in [-0.3, -0.25) is 10.1 Å². The average Bonchev–Trinajstić information content (AvgIpc) is 2.92. The summed E-state index contributed by atoms with van der Waals surface area (Å²) in [5.41, 5.74) is 0.660. The number of nitro groups is 1. The molecule has 0 spiro atoms. The van der Waals surface area contributed by atoms with Gasteiger partial charge in [-0.25, -0.2) is 0 Å². The second kappa shape index (κ2) is 6.00. The third-order valence-electron chi connectivity index (χ3n) is 2.86. The Morgan fingerprint density at radius 1 is 1.50 bits per heavy atom. The molecule has 0 aliphatic heterocycles. The Balaban J connectivity index is 2.12. The number of anilines is 1. The van der Waals surface area contributed by atoms with Crippen LogP contribution in [0.1, 0.15) is 12.7 Å². The van der Waals surface area contributed by atoms with E-state index >= 15 is 0 Å². The molecule has 0 unspecified atom stereocenters. The molecular weight excluding hydrogens is 262 g/mol. The first-order chi connectivity index (χ1) is 9.65. The number of ether oxygens (including phenoxy) is 1. The minimum Gasteiger partial charge on any atom is -0.490 e. The zero-order chi connectivity index (χ0) is 14.5. The van der Waals surface area contributed by atoms with Crippen molar-refractivity contribution in [3.63, 3.8) is 0 Å². The third-order valence-corrected chi connectivity index (χ3v) is 2.86. The van der Waals surface area contributed by atoms with E-state index in [0.717, 1.165) is 18.1 Å². The average molecular weight is 277 g/mol. The van der Waals surface area contributed by atoms with E-state index in [4.69, 9.17) is 4.74 Å². The van der Waals surface area contributed by atoms with Gasteiger partial charge in [-0.15, -0.1) is 10.2 Å². The van der Waals surface area contributed by atoms with Crippen molar-refractivity contribution in [1.82, 2.24) is 14.8 Å². The Kier molecular flexibility index (Phi) is 4.14. The Morgan fingerprint density at radius 2 is 2.30 bits per heavy atom. The highest BCUT2D eigenvalue weighted by atomic mass is 16.6. The standard InChI is InChI=1S/C12H15N5O3/c1-3-16-8-14-15-12(16)7-13-9-4-5-10(17(18)19)11(6-9)20-2/h4-6,8,13H,3,7H2,1-2H3. The number of benzene rings is 1. The monoisotopic (exact) mass is 277 g/mol. The molecule has 0 fully saturated rings. The summed E-state index contributed by atoms with van der Waals surface area (Å²) in [6.07, 6.45) is 1.66. The molecule has 0 amide bonds. The number of nitrogens with zero attached hydrogens (tertiary/aromatic N) is 4. The van der Waals surface area contributed by atoms with E-state index in [-0.39, 0.29) is 11.4 Å². The molecule has 8 nitrogen and oxygen atoms in total. The lowest BCUT2D eigenvalue weighted by molar-refractivity contribution is -0.385. The van der Waals surface area contributed by atoms with Gasteiger partial charge in [-0.2, -0.15) is 0 Å². The Labute approximate surface area is 115 Å². The van der Waals surface area contributed by atoms with Crippen molar-refractivity contribution in [2.75, 3.05) is 12.4 Å². The lowest BCUT2D eigenvalue weighted by atomic mass is 10.2. The number of methoxy groups -OCH3 is 1. The summed E-state index contributed by atoms with van der Waals surface area (Å²) in [5.74, 6) is 1.02. The maximum absolute atomic E-state index is 10.8. The van der Waals surface area contributed by atoms with Crippen LogP contribution >= 0.6 is 0 Å². The topological polar surface area (TPSA) is 95.1 Å². The first-order valence-corrected chi connectivity index (χ1v) is 6.08. The summed E-state index contributed by atoms with van der Waals surface area (Å²) in [6.45, 7) is 3.27. The summed E-state index contributed by atoms with van der Waals surface area (Å²) >= 11 is 0. The number of hydrogen-bond donors (Lipinski definition) is 1. The van der Waals surface area contributed by atoms with Crippen LogP contribution in [0.25, 0.3) is 0 Å². The molecule has 0 aliphatic rings. The number of rotatable bonds is 6. The fourth-order valence-electron chi connectivity index (χ4n) is 1.80. The smallest absolute Gasteiger partial charge is 0.311 e. The largest absolute Gasteiger partial charge is 0.490 e. The first-order valence-electron chi connectivity index (χ1n) is 6.08. The fourth-order valence-corrected chi connectivity index (χ4v) is 1.80. The minimum absolute atomic E-state index is 0.0604. The lowest BCUT2D eigenvalue weighted by Crippen LogP contribution is -2.07. The zero-order valence-corrected chi connectivity index (χ0v) is 11.2. The van der Waals surface area contributed by atoms with Crippen LogP contribution < -0.4 is 10.1 Å². The molecule has 0 bridgehead atoms. The molecule has 0 atom stereocenters. The molecule has 1 N–H and O–H groups in total. The molecule has 0 saturated carbocycles. The van der Waals surface area contributed by atoms with Gasteiger partial charge in [-0.05, 0) is 13.0 Å². The number of aromatic nitrogens is 3. The number of hydrogen-bond acceptors (Lipinski definition) is 6. The summed E-state index contributed by atoms with van der Waals surface area (Å²) < 4.78 is 6.93. The summed E-state index contributed by atoms with van der Waals surface area (Å²) in [6, 6.07) is 4.63. The van der Waals surface area contributed by atoms with E-state index in [0.29, 0.717) is 6.54 Å². The quantitative estimate of drug-likeness (QED) is 0.639. The number of aryl methyl sites for hydroxylation is 1. The van der Waals surface area contributed by atoms with Gasteiger partial charge in [0.15, 0.2) is 11.6 Å². The van der Waals surface area contributed by atoms with E-state index in [1.807, 2.05) is 11.5 Å². The number of nitrogens with one attached hydrogen (secondary N) is 1. The Hall–Kier alpha value is -2.64. The van der Waals surface area contributed by atoms with Crippen LogP contribution in [0, 0.1) is 10.1 Å². The number of nitro benzene ring substituents is 1. The van der Waals surface area contributed by atoms with Crippen molar-refractivity contribution in [2.45, 2.75) is 20.0 Å². The van der Waals surface area contributed by atoms with E-state index in [1.54, 1.807) is 18.5 Å². The zero-order valence-electron chi connectivity index (χ0n) is 11.2. The molecule has 1 aromatic heterocycles. The van der Waals surface area contributed by atoms with Crippen molar-refractivity contribution >= 4 is 11.4 Å². The predicted octanol–water partition coefficient (Wildman–Crippen LogP) is 1.83. The molecular formula is C12H15N5O3. The summed E-state index contributed by atoms with van der Waals surface area (Å²) in [7, 11) is 1.40. The van der Waals surface area contributed by atoms with E-state index < -0.39 is 4.92 Å². The molecule has 2 aromatic rings. The van der Waals surface area contributed by atoms with Crippen molar-refractivity contribution in [3.8, 4) is 5.75 Å². The maximum atomic E-state index is 10.8. The highest BCUT2D eigenvalue weighted by Gasteiger charge is 2.14. The van der Waals surface area contributed by atoms with Crippen molar-refractivity contribution in [1.29, 1.82) is 0 Å². The van der Waals surface area contributed by atoms with E-state index in [1.165, 1.54) is 13.2 Å². The SMILES string of the molecule is CCn1cnnc1CNc1ccc([N+](=O)[O-])c(OC)c1. The lowest BCUT2D eigenvalue weighted by Gasteiger charge is -2.08. The van der Waals surface area contributed by atoms with Gasteiger partial charge in [0, 0.05) is 24.4 Å². The van der Waals surface area contributed by atoms with Gasteiger partial charge in [-0.1, -0.05) is 0 Å². The van der Waals surface area contributed by atoms with Crippen molar-refractivity contribution in [2.24, 2.45) is 0 Å². The summed E-state index contributed by atoms with van der Waals surface area (Å²) in [4.78, 5) is 10.3. The van der Waals surface area contributed by atoms with Crippen molar-refractivity contribution in [3.05, 3.63) is 40.5 Å². The molecule has 8 heteroatoms. The third kappa shape index (κ3) is 2.85. The van der Waals surface area contributed by atoms with Crippen LogP contribution in [0.5, 0.6) is 5.75 Å². The molecule has 0 radical (unpaired) electrons. The van der Waals surface area contributed by atoms with Gasteiger partial charge >= 0.3 is 5.69 Å².